The quantitative estimate of drug-likeness (QED) is 0.839. The number of urea groups is 1. The van der Waals surface area contributed by atoms with Crippen LogP contribution in [0.3, 0.4) is 0 Å². The molecule has 2 amide bonds. The monoisotopic (exact) mass is 338 g/mol. The van der Waals surface area contributed by atoms with Crippen molar-refractivity contribution in [3.8, 4) is 0 Å². The SMILES string of the molecule is CN(C(=O)Nc1ccccc1Cl)c1cccc(Br)c1. The molecule has 3 nitrogen and oxygen atoms in total. The third-order valence-electron chi connectivity index (χ3n) is 2.62. The van der Waals surface area contributed by atoms with Gasteiger partial charge < -0.3 is 5.32 Å². The van der Waals surface area contributed by atoms with Gasteiger partial charge in [0.1, 0.15) is 0 Å². The molecule has 5 heteroatoms. The minimum Gasteiger partial charge on any atom is -0.306 e. The highest BCUT2D eigenvalue weighted by Gasteiger charge is 2.12. The second kappa shape index (κ2) is 6.08. The molecule has 0 unspecified atom stereocenters. The molecule has 2 rings (SSSR count). The Morgan fingerprint density at radius 3 is 2.63 bits per heavy atom. The fourth-order valence-corrected chi connectivity index (χ4v) is 2.13. The molecule has 0 heterocycles. The number of amides is 2. The largest absolute Gasteiger partial charge is 0.326 e. The number of halogens is 2. The van der Waals surface area contributed by atoms with Crippen molar-refractivity contribution in [2.45, 2.75) is 0 Å². The molecule has 98 valence electrons. The van der Waals surface area contributed by atoms with Crippen LogP contribution in [0.25, 0.3) is 0 Å². The summed E-state index contributed by atoms with van der Waals surface area (Å²) >= 11 is 9.38. The summed E-state index contributed by atoms with van der Waals surface area (Å²) in [7, 11) is 1.70. The highest BCUT2D eigenvalue weighted by atomic mass is 79.9. The maximum atomic E-state index is 12.1. The van der Waals surface area contributed by atoms with Gasteiger partial charge >= 0.3 is 6.03 Å². The Balaban J connectivity index is 2.14. The first kappa shape index (κ1) is 13.9. The second-order valence-corrected chi connectivity index (χ2v) is 5.27. The molecule has 0 spiro atoms. The fraction of sp³-hybridized carbons (Fsp3) is 0.0714. The van der Waals surface area contributed by atoms with E-state index < -0.39 is 0 Å². The molecule has 0 aromatic heterocycles. The predicted molar refractivity (Wildman–Crippen MR) is 83.0 cm³/mol. The number of benzene rings is 2. The van der Waals surface area contributed by atoms with Crippen molar-refractivity contribution in [1.82, 2.24) is 0 Å². The second-order valence-electron chi connectivity index (χ2n) is 3.95. The Labute approximate surface area is 125 Å². The number of carbonyl (C=O) groups excluding carboxylic acids is 1. The van der Waals surface area contributed by atoms with E-state index >= 15 is 0 Å². The molecule has 0 fully saturated rings. The van der Waals surface area contributed by atoms with Crippen LogP contribution in [0.4, 0.5) is 16.2 Å². The summed E-state index contributed by atoms with van der Waals surface area (Å²) in [4.78, 5) is 13.6. The van der Waals surface area contributed by atoms with Crippen LogP contribution in [0.5, 0.6) is 0 Å². The van der Waals surface area contributed by atoms with Crippen molar-refractivity contribution in [1.29, 1.82) is 0 Å². The van der Waals surface area contributed by atoms with Crippen molar-refractivity contribution in [2.24, 2.45) is 0 Å². The summed E-state index contributed by atoms with van der Waals surface area (Å²) in [6.45, 7) is 0. The van der Waals surface area contributed by atoms with Gasteiger partial charge in [0, 0.05) is 17.2 Å². The van der Waals surface area contributed by atoms with Gasteiger partial charge in [0.2, 0.25) is 0 Å². The molecule has 0 atom stereocenters. The van der Waals surface area contributed by atoms with Gasteiger partial charge in [0.15, 0.2) is 0 Å². The third kappa shape index (κ3) is 3.49. The van der Waals surface area contributed by atoms with Crippen LogP contribution in [0.2, 0.25) is 5.02 Å². The van der Waals surface area contributed by atoms with E-state index in [0.717, 1.165) is 10.2 Å². The number of hydrogen-bond acceptors (Lipinski definition) is 1. The zero-order chi connectivity index (χ0) is 13.8. The molecule has 0 aliphatic rings. The maximum absolute atomic E-state index is 12.1. The number of para-hydroxylation sites is 1. The van der Waals surface area contributed by atoms with Gasteiger partial charge in [-0.25, -0.2) is 4.79 Å². The Hall–Kier alpha value is -1.52. The molecule has 0 saturated carbocycles. The van der Waals surface area contributed by atoms with Gasteiger partial charge in [0.25, 0.3) is 0 Å². The molecular weight excluding hydrogens is 328 g/mol. The molecular formula is C14H12BrClN2O. The van der Waals surface area contributed by atoms with Gasteiger partial charge in [-0.1, -0.05) is 45.7 Å². The lowest BCUT2D eigenvalue weighted by Crippen LogP contribution is -2.31. The van der Waals surface area contributed by atoms with Gasteiger partial charge in [-0.15, -0.1) is 0 Å². The van der Waals surface area contributed by atoms with Crippen molar-refractivity contribution >= 4 is 44.9 Å². The summed E-state index contributed by atoms with van der Waals surface area (Å²) in [6, 6.07) is 14.4. The fourth-order valence-electron chi connectivity index (χ4n) is 1.56. The highest BCUT2D eigenvalue weighted by Crippen LogP contribution is 2.23. The first-order valence-corrected chi connectivity index (χ1v) is 6.80. The molecule has 19 heavy (non-hydrogen) atoms. The average molecular weight is 340 g/mol. The van der Waals surface area contributed by atoms with Gasteiger partial charge in [-0.3, -0.25) is 4.90 Å². The zero-order valence-corrected chi connectivity index (χ0v) is 12.6. The maximum Gasteiger partial charge on any atom is 0.326 e. The number of rotatable bonds is 2. The first-order valence-electron chi connectivity index (χ1n) is 5.63. The number of hydrogen-bond donors (Lipinski definition) is 1. The average Bonchev–Trinajstić information content (AvgIpc) is 2.40. The van der Waals surface area contributed by atoms with Crippen LogP contribution in [-0.4, -0.2) is 13.1 Å². The van der Waals surface area contributed by atoms with E-state index in [2.05, 4.69) is 21.2 Å². The Kier molecular flexibility index (Phi) is 4.45. The number of nitrogens with one attached hydrogen (secondary N) is 1. The van der Waals surface area contributed by atoms with Crippen molar-refractivity contribution in [2.75, 3.05) is 17.3 Å². The number of carbonyl (C=O) groups is 1. The number of anilines is 2. The smallest absolute Gasteiger partial charge is 0.306 e. The molecule has 0 aliphatic carbocycles. The molecule has 2 aromatic rings. The minimum absolute atomic E-state index is 0.244. The summed E-state index contributed by atoms with van der Waals surface area (Å²) in [6.07, 6.45) is 0. The molecule has 0 bridgehead atoms. The van der Waals surface area contributed by atoms with E-state index in [0.29, 0.717) is 10.7 Å². The highest BCUT2D eigenvalue weighted by molar-refractivity contribution is 9.10. The molecule has 2 aromatic carbocycles. The lowest BCUT2D eigenvalue weighted by Gasteiger charge is -2.18. The first-order chi connectivity index (χ1) is 9.08. The van der Waals surface area contributed by atoms with Crippen LogP contribution in [0.1, 0.15) is 0 Å². The van der Waals surface area contributed by atoms with E-state index in [9.17, 15) is 4.79 Å². The van der Waals surface area contributed by atoms with Crippen LogP contribution >= 0.6 is 27.5 Å². The van der Waals surface area contributed by atoms with Crippen molar-refractivity contribution < 1.29 is 4.79 Å². The standard InChI is InChI=1S/C14H12BrClN2O/c1-18(11-6-4-5-10(15)9-11)14(19)17-13-8-3-2-7-12(13)16/h2-9H,1H3,(H,17,19). The number of nitrogens with zero attached hydrogens (tertiary/aromatic N) is 1. The molecule has 0 aliphatic heterocycles. The topological polar surface area (TPSA) is 32.3 Å². The van der Waals surface area contributed by atoms with E-state index in [1.54, 1.807) is 19.2 Å². The Bertz CT molecular complexity index is 604. The summed E-state index contributed by atoms with van der Waals surface area (Å²) in [5, 5.41) is 3.28. The molecule has 1 N–H and O–H groups in total. The van der Waals surface area contributed by atoms with Gasteiger partial charge in [-0.2, -0.15) is 0 Å². The Morgan fingerprint density at radius 2 is 1.95 bits per heavy atom. The zero-order valence-electron chi connectivity index (χ0n) is 10.2. The van der Waals surface area contributed by atoms with E-state index in [1.807, 2.05) is 36.4 Å². The van der Waals surface area contributed by atoms with Crippen molar-refractivity contribution in [3.05, 3.63) is 58.0 Å². The van der Waals surface area contributed by atoms with Gasteiger partial charge in [0.05, 0.1) is 10.7 Å². The van der Waals surface area contributed by atoms with E-state index in [4.69, 9.17) is 11.6 Å². The van der Waals surface area contributed by atoms with Crippen LogP contribution in [0.15, 0.2) is 53.0 Å². The third-order valence-corrected chi connectivity index (χ3v) is 3.44. The molecule has 0 radical (unpaired) electrons. The molecule has 0 saturated heterocycles. The van der Waals surface area contributed by atoms with Gasteiger partial charge in [-0.05, 0) is 30.3 Å². The predicted octanol–water partition coefficient (Wildman–Crippen LogP) is 4.77. The van der Waals surface area contributed by atoms with Crippen LogP contribution in [-0.2, 0) is 0 Å². The lowest BCUT2D eigenvalue weighted by atomic mass is 10.3. The normalized spacial score (nSPS) is 10.1. The summed E-state index contributed by atoms with van der Waals surface area (Å²) in [5.41, 5.74) is 1.38. The Morgan fingerprint density at radius 1 is 1.21 bits per heavy atom. The van der Waals surface area contributed by atoms with Crippen LogP contribution < -0.4 is 10.2 Å². The lowest BCUT2D eigenvalue weighted by molar-refractivity contribution is 0.258. The van der Waals surface area contributed by atoms with Crippen LogP contribution in [0, 0.1) is 0 Å². The minimum atomic E-state index is -0.244. The van der Waals surface area contributed by atoms with Crippen molar-refractivity contribution in [3.63, 3.8) is 0 Å². The van der Waals surface area contributed by atoms with E-state index in [1.165, 1.54) is 4.90 Å². The van der Waals surface area contributed by atoms with E-state index in [-0.39, 0.29) is 6.03 Å². The summed E-state index contributed by atoms with van der Waals surface area (Å²) < 4.78 is 0.919. The summed E-state index contributed by atoms with van der Waals surface area (Å²) in [5.74, 6) is 0.